The highest BCUT2D eigenvalue weighted by molar-refractivity contribution is 7.88. The number of benzene rings is 1. The minimum absolute atomic E-state index is 0.0137. The van der Waals surface area contributed by atoms with Crippen LogP contribution in [0, 0.1) is 5.92 Å². The van der Waals surface area contributed by atoms with Crippen LogP contribution in [-0.2, 0) is 20.6 Å². The molecular formula is C19H31N4O4S+. The summed E-state index contributed by atoms with van der Waals surface area (Å²) in [5.41, 5.74) is 0.764. The lowest BCUT2D eigenvalue weighted by Crippen LogP contribution is -3.15. The van der Waals surface area contributed by atoms with E-state index in [4.69, 9.17) is 0 Å². The van der Waals surface area contributed by atoms with Gasteiger partial charge in [0.05, 0.1) is 31.9 Å². The third-order valence-electron chi connectivity index (χ3n) is 4.69. The molecule has 9 heteroatoms. The van der Waals surface area contributed by atoms with Gasteiger partial charge in [0.2, 0.25) is 10.0 Å². The maximum Gasteiger partial charge on any atom is 0.321 e. The Morgan fingerprint density at radius 1 is 1.14 bits per heavy atom. The number of amides is 3. The van der Waals surface area contributed by atoms with Gasteiger partial charge in [-0.3, -0.25) is 10.1 Å². The van der Waals surface area contributed by atoms with E-state index in [2.05, 4.69) is 24.5 Å². The lowest BCUT2D eigenvalue weighted by molar-refractivity contribution is -0.895. The van der Waals surface area contributed by atoms with Gasteiger partial charge in [-0.2, -0.15) is 4.31 Å². The molecule has 156 valence electrons. The second-order valence-corrected chi connectivity index (χ2v) is 9.52. The van der Waals surface area contributed by atoms with E-state index in [0.29, 0.717) is 38.6 Å². The fourth-order valence-corrected chi connectivity index (χ4v) is 4.59. The third kappa shape index (κ3) is 7.57. The molecule has 0 spiro atoms. The van der Waals surface area contributed by atoms with Gasteiger partial charge in [-0.15, -0.1) is 0 Å². The number of rotatable bonds is 8. The van der Waals surface area contributed by atoms with E-state index >= 15 is 0 Å². The lowest BCUT2D eigenvalue weighted by Gasteiger charge is -2.31. The second kappa shape index (κ2) is 10.5. The number of imide groups is 1. The molecule has 0 atom stereocenters. The summed E-state index contributed by atoms with van der Waals surface area (Å²) in [7, 11) is -3.37. The normalized spacial score (nSPS) is 16.1. The molecule has 8 nitrogen and oxygen atoms in total. The molecule has 1 aliphatic heterocycles. The van der Waals surface area contributed by atoms with E-state index < -0.39 is 16.1 Å². The molecule has 3 N–H and O–H groups in total. The van der Waals surface area contributed by atoms with Crippen molar-refractivity contribution in [1.82, 2.24) is 14.9 Å². The number of hydrogen-bond donors (Lipinski definition) is 3. The molecule has 0 aromatic heterocycles. The van der Waals surface area contributed by atoms with Crippen molar-refractivity contribution in [3.8, 4) is 0 Å². The molecular weight excluding hydrogens is 380 g/mol. The largest absolute Gasteiger partial charge is 0.338 e. The Hall–Kier alpha value is -1.97. The van der Waals surface area contributed by atoms with Gasteiger partial charge < -0.3 is 10.2 Å². The molecule has 1 aliphatic rings. The average molecular weight is 412 g/mol. The Morgan fingerprint density at radius 3 is 2.39 bits per heavy atom. The van der Waals surface area contributed by atoms with Crippen molar-refractivity contribution in [3.63, 3.8) is 0 Å². The highest BCUT2D eigenvalue weighted by atomic mass is 32.2. The summed E-state index contributed by atoms with van der Waals surface area (Å²) in [6.07, 6.45) is 0.853. The van der Waals surface area contributed by atoms with Gasteiger partial charge >= 0.3 is 6.03 Å². The minimum atomic E-state index is -3.37. The number of nitrogens with zero attached hydrogens (tertiary/aromatic N) is 1. The van der Waals surface area contributed by atoms with Crippen LogP contribution in [0.2, 0.25) is 0 Å². The number of sulfonamides is 1. The molecule has 1 fully saturated rings. The molecule has 0 aliphatic carbocycles. The first-order valence-corrected chi connectivity index (χ1v) is 11.3. The number of quaternary nitrogens is 1. The Bertz CT molecular complexity index is 744. The second-order valence-electron chi connectivity index (χ2n) is 7.55. The van der Waals surface area contributed by atoms with Gasteiger partial charge in [0.1, 0.15) is 0 Å². The quantitative estimate of drug-likeness (QED) is 0.541. The van der Waals surface area contributed by atoms with Crippen LogP contribution in [0.5, 0.6) is 0 Å². The molecule has 0 unspecified atom stereocenters. The van der Waals surface area contributed by atoms with E-state index in [1.807, 2.05) is 18.2 Å². The SMILES string of the molecule is CC(C)CCNC(=O)NC(=O)C[NH+]1CCN(S(=O)(=O)Cc2ccccc2)CC1. The number of carbonyl (C=O) groups is 2. The molecule has 0 radical (unpaired) electrons. The summed E-state index contributed by atoms with van der Waals surface area (Å²) in [5, 5.41) is 5.00. The predicted octanol–water partition coefficient (Wildman–Crippen LogP) is -0.411. The third-order valence-corrected chi connectivity index (χ3v) is 6.54. The molecule has 2 rings (SSSR count). The number of urea groups is 1. The van der Waals surface area contributed by atoms with Gasteiger partial charge in [-0.05, 0) is 17.9 Å². The standard InChI is InChI=1S/C19H30N4O4S/c1-16(2)8-9-20-19(25)21-18(24)14-22-10-12-23(13-11-22)28(26,27)15-17-6-4-3-5-7-17/h3-7,16H,8-15H2,1-2H3,(H2,20,21,24,25)/p+1. The Labute approximate surface area is 167 Å². The van der Waals surface area contributed by atoms with Gasteiger partial charge in [0.15, 0.2) is 6.54 Å². The minimum Gasteiger partial charge on any atom is -0.338 e. The first-order valence-electron chi connectivity index (χ1n) is 9.69. The summed E-state index contributed by atoms with van der Waals surface area (Å²) in [4.78, 5) is 24.7. The van der Waals surface area contributed by atoms with Crippen LogP contribution < -0.4 is 15.5 Å². The van der Waals surface area contributed by atoms with Crippen LogP contribution in [0.15, 0.2) is 30.3 Å². The topological polar surface area (TPSA) is 100 Å². The zero-order chi connectivity index (χ0) is 20.6. The van der Waals surface area contributed by atoms with Gasteiger partial charge in [-0.25, -0.2) is 13.2 Å². The molecule has 1 aromatic rings. The van der Waals surface area contributed by atoms with Crippen LogP contribution in [0.25, 0.3) is 0 Å². The predicted molar refractivity (Wildman–Crippen MR) is 107 cm³/mol. The van der Waals surface area contributed by atoms with Crippen molar-refractivity contribution in [2.24, 2.45) is 5.92 Å². The average Bonchev–Trinajstić information content (AvgIpc) is 2.62. The van der Waals surface area contributed by atoms with Crippen molar-refractivity contribution in [1.29, 1.82) is 0 Å². The monoisotopic (exact) mass is 411 g/mol. The highest BCUT2D eigenvalue weighted by Gasteiger charge is 2.30. The molecule has 28 heavy (non-hydrogen) atoms. The Morgan fingerprint density at radius 2 is 1.79 bits per heavy atom. The summed E-state index contributed by atoms with van der Waals surface area (Å²) in [6.45, 7) is 6.64. The number of hydrogen-bond acceptors (Lipinski definition) is 4. The number of carbonyl (C=O) groups excluding carboxylic acids is 2. The van der Waals surface area contributed by atoms with Crippen molar-refractivity contribution < 1.29 is 22.9 Å². The fraction of sp³-hybridized carbons (Fsp3) is 0.579. The zero-order valence-electron chi connectivity index (χ0n) is 16.6. The van der Waals surface area contributed by atoms with Crippen LogP contribution in [-0.4, -0.2) is 63.9 Å². The van der Waals surface area contributed by atoms with Crippen LogP contribution in [0.3, 0.4) is 0 Å². The summed E-state index contributed by atoms with van der Waals surface area (Å²) >= 11 is 0. The summed E-state index contributed by atoms with van der Waals surface area (Å²) < 4.78 is 26.6. The van der Waals surface area contributed by atoms with Crippen LogP contribution in [0.1, 0.15) is 25.8 Å². The molecule has 0 bridgehead atoms. The van der Waals surface area contributed by atoms with Crippen LogP contribution >= 0.6 is 0 Å². The Kier molecular flexibility index (Phi) is 8.40. The van der Waals surface area contributed by atoms with E-state index in [0.717, 1.165) is 16.9 Å². The van der Waals surface area contributed by atoms with Gasteiger partial charge in [0, 0.05) is 6.54 Å². The molecule has 1 heterocycles. The van der Waals surface area contributed by atoms with Crippen molar-refractivity contribution in [2.75, 3.05) is 39.3 Å². The van der Waals surface area contributed by atoms with Gasteiger partial charge in [-0.1, -0.05) is 44.2 Å². The summed E-state index contributed by atoms with van der Waals surface area (Å²) in [5.74, 6) is 0.118. The van der Waals surface area contributed by atoms with E-state index in [1.165, 1.54) is 4.31 Å². The van der Waals surface area contributed by atoms with Crippen molar-refractivity contribution in [3.05, 3.63) is 35.9 Å². The molecule has 1 aromatic carbocycles. The zero-order valence-corrected chi connectivity index (χ0v) is 17.4. The molecule has 0 saturated carbocycles. The summed E-state index contributed by atoms with van der Waals surface area (Å²) in [6, 6.07) is 8.63. The van der Waals surface area contributed by atoms with Crippen molar-refractivity contribution >= 4 is 22.0 Å². The fourth-order valence-electron chi connectivity index (χ4n) is 3.05. The molecule has 3 amide bonds. The smallest absolute Gasteiger partial charge is 0.321 e. The molecule has 1 saturated heterocycles. The highest BCUT2D eigenvalue weighted by Crippen LogP contribution is 2.10. The maximum atomic E-state index is 12.6. The van der Waals surface area contributed by atoms with Gasteiger partial charge in [0.25, 0.3) is 5.91 Å². The Balaban J connectivity index is 1.72. The maximum absolute atomic E-state index is 12.6. The van der Waals surface area contributed by atoms with E-state index in [-0.39, 0.29) is 18.2 Å². The van der Waals surface area contributed by atoms with Crippen molar-refractivity contribution in [2.45, 2.75) is 26.0 Å². The number of piperazine rings is 1. The first kappa shape index (κ1) is 22.3. The number of nitrogens with one attached hydrogen (secondary N) is 3. The lowest BCUT2D eigenvalue weighted by atomic mass is 10.1. The van der Waals surface area contributed by atoms with Crippen LogP contribution in [0.4, 0.5) is 4.79 Å². The van der Waals surface area contributed by atoms with E-state index in [9.17, 15) is 18.0 Å². The van der Waals surface area contributed by atoms with E-state index in [1.54, 1.807) is 12.1 Å². The first-order chi connectivity index (χ1) is 13.3.